The van der Waals surface area contributed by atoms with Gasteiger partial charge in [-0.25, -0.2) is 14.2 Å². The maximum absolute atomic E-state index is 14.7. The van der Waals surface area contributed by atoms with Crippen molar-refractivity contribution >= 4 is 35.3 Å². The number of rotatable bonds is 7. The number of nitrogens with two attached hydrogens (primary N) is 1. The minimum atomic E-state index is -0.290. The average Bonchev–Trinajstić information content (AvgIpc) is 2.81. The molecule has 1 aromatic carbocycles. The van der Waals surface area contributed by atoms with E-state index in [1.54, 1.807) is 17.9 Å². The molecule has 0 radical (unpaired) electrons. The van der Waals surface area contributed by atoms with Crippen LogP contribution in [0, 0.1) is 5.82 Å². The van der Waals surface area contributed by atoms with Gasteiger partial charge < -0.3 is 20.7 Å². The largest absolute Gasteiger partial charge is 0.387 e. The smallest absolute Gasteiger partial charge is 0.323 e. The molecule has 0 bridgehead atoms. The highest BCUT2D eigenvalue weighted by molar-refractivity contribution is 7.80. The number of nitrogens with one attached hydrogen (secondary N) is 2. The summed E-state index contributed by atoms with van der Waals surface area (Å²) in [6.07, 6.45) is 4.33. The summed E-state index contributed by atoms with van der Waals surface area (Å²) in [5.74, 6) is 0.0717. The molecule has 2 heterocycles. The molecule has 4 N–H and O–H groups in total. The summed E-state index contributed by atoms with van der Waals surface area (Å²) in [4.78, 5) is 20.2. The third-order valence-corrected chi connectivity index (χ3v) is 6.06. The maximum atomic E-state index is 14.7. The van der Waals surface area contributed by atoms with Crippen LogP contribution >= 0.6 is 12.2 Å². The van der Waals surface area contributed by atoms with E-state index in [1.165, 1.54) is 0 Å². The van der Waals surface area contributed by atoms with Gasteiger partial charge in [-0.05, 0) is 63.1 Å². The summed E-state index contributed by atoms with van der Waals surface area (Å²) in [7, 11) is 0. The average molecular weight is 491 g/mol. The van der Waals surface area contributed by atoms with Crippen molar-refractivity contribution in [1.29, 1.82) is 0 Å². The number of likely N-dealkylation sites (tertiary alicyclic amines) is 1. The number of amidine groups is 1. The Kier molecular flexibility index (Phi) is 10.4. The zero-order valence-corrected chi connectivity index (χ0v) is 20.6. The molecule has 0 aliphatic carbocycles. The number of carbonyl (C=O) groups excluding carboxylic acids is 1. The third-order valence-electron chi connectivity index (χ3n) is 5.87. The van der Waals surface area contributed by atoms with Crippen LogP contribution in [0.4, 0.5) is 9.18 Å². The predicted octanol–water partition coefficient (Wildman–Crippen LogP) is 2.49. The van der Waals surface area contributed by atoms with Gasteiger partial charge in [0, 0.05) is 38.3 Å². The molecule has 1 aromatic rings. The Hall–Kier alpha value is -2.40. The highest BCUT2D eigenvalue weighted by Crippen LogP contribution is 2.21. The lowest BCUT2D eigenvalue weighted by Gasteiger charge is -2.28. The quantitative estimate of drug-likeness (QED) is 0.235. The van der Waals surface area contributed by atoms with Gasteiger partial charge >= 0.3 is 6.03 Å². The molecule has 2 fully saturated rings. The van der Waals surface area contributed by atoms with Crippen molar-refractivity contribution in [3.05, 3.63) is 40.7 Å². The van der Waals surface area contributed by atoms with E-state index >= 15 is 0 Å². The van der Waals surface area contributed by atoms with E-state index in [0.29, 0.717) is 43.9 Å². The first-order valence-corrected chi connectivity index (χ1v) is 12.2. The number of carbonyl (C=O) groups is 1. The van der Waals surface area contributed by atoms with Crippen molar-refractivity contribution in [3.63, 3.8) is 0 Å². The number of urea groups is 1. The van der Waals surface area contributed by atoms with Crippen LogP contribution in [0.2, 0.25) is 0 Å². The SMILES string of the molecule is C/C(N)=N/C(=S)NC(=O)N1CCC(=Cc2ccc(CNCCCN3CCOCC3)cc2F)CC1. The first kappa shape index (κ1) is 26.2. The van der Waals surface area contributed by atoms with Crippen molar-refractivity contribution in [1.82, 2.24) is 20.4 Å². The second kappa shape index (κ2) is 13.5. The molecule has 0 atom stereocenters. The predicted molar refractivity (Wildman–Crippen MR) is 137 cm³/mol. The molecule has 10 heteroatoms. The fourth-order valence-corrected chi connectivity index (χ4v) is 4.23. The molecule has 8 nitrogen and oxygen atoms in total. The van der Waals surface area contributed by atoms with Crippen LogP contribution in [-0.2, 0) is 11.3 Å². The molecule has 2 aliphatic heterocycles. The lowest BCUT2D eigenvalue weighted by atomic mass is 10.00. The molecule has 0 spiro atoms. The number of aliphatic imine (C=N–C) groups is 1. The van der Waals surface area contributed by atoms with Crippen LogP contribution < -0.4 is 16.4 Å². The second-order valence-corrected chi connectivity index (χ2v) is 9.01. The topological polar surface area (TPSA) is 95.2 Å². The van der Waals surface area contributed by atoms with Gasteiger partial charge in [0.05, 0.1) is 19.0 Å². The van der Waals surface area contributed by atoms with Crippen molar-refractivity contribution in [2.75, 3.05) is 52.5 Å². The molecule has 34 heavy (non-hydrogen) atoms. The van der Waals surface area contributed by atoms with E-state index in [-0.39, 0.29) is 17.0 Å². The number of nitrogens with zero attached hydrogens (tertiary/aromatic N) is 3. The van der Waals surface area contributed by atoms with E-state index < -0.39 is 0 Å². The third kappa shape index (κ3) is 8.75. The Labute approximate surface area is 206 Å². The van der Waals surface area contributed by atoms with Gasteiger partial charge in [0.25, 0.3) is 0 Å². The molecule has 2 saturated heterocycles. The van der Waals surface area contributed by atoms with Crippen molar-refractivity contribution in [2.24, 2.45) is 10.7 Å². The molecule has 2 amide bonds. The van der Waals surface area contributed by atoms with Crippen molar-refractivity contribution in [3.8, 4) is 0 Å². The van der Waals surface area contributed by atoms with E-state index in [1.807, 2.05) is 18.2 Å². The number of hydrogen-bond acceptors (Lipinski definition) is 5. The van der Waals surface area contributed by atoms with Crippen LogP contribution in [0.5, 0.6) is 0 Å². The Balaban J connectivity index is 1.40. The van der Waals surface area contributed by atoms with Crippen LogP contribution in [0.25, 0.3) is 6.08 Å². The number of piperidine rings is 1. The zero-order chi connectivity index (χ0) is 24.3. The number of ether oxygens (including phenoxy) is 1. The first-order valence-electron chi connectivity index (χ1n) is 11.8. The summed E-state index contributed by atoms with van der Waals surface area (Å²) in [5, 5.41) is 6.02. The van der Waals surface area contributed by atoms with Crippen LogP contribution in [0.3, 0.4) is 0 Å². The number of benzene rings is 1. The normalized spacial score (nSPS) is 17.5. The van der Waals surface area contributed by atoms with Gasteiger partial charge in [-0.2, -0.15) is 0 Å². The van der Waals surface area contributed by atoms with Gasteiger partial charge in [-0.15, -0.1) is 0 Å². The number of hydrogen-bond donors (Lipinski definition) is 3. The molecule has 0 unspecified atom stereocenters. The van der Waals surface area contributed by atoms with E-state index in [0.717, 1.165) is 57.0 Å². The maximum Gasteiger partial charge on any atom is 0.323 e. The summed E-state index contributed by atoms with van der Waals surface area (Å²) >= 11 is 4.99. The molecule has 3 rings (SSSR count). The summed E-state index contributed by atoms with van der Waals surface area (Å²) in [6, 6.07) is 5.11. The van der Waals surface area contributed by atoms with Gasteiger partial charge in [0.1, 0.15) is 5.82 Å². The molecule has 0 saturated carbocycles. The second-order valence-electron chi connectivity index (χ2n) is 8.62. The molecule has 186 valence electrons. The minimum Gasteiger partial charge on any atom is -0.387 e. The minimum absolute atomic E-state index is 0.0556. The van der Waals surface area contributed by atoms with E-state index in [9.17, 15) is 9.18 Å². The lowest BCUT2D eigenvalue weighted by molar-refractivity contribution is 0.0374. The number of morpholine rings is 1. The van der Waals surface area contributed by atoms with Gasteiger partial charge in [0.15, 0.2) is 0 Å². The zero-order valence-electron chi connectivity index (χ0n) is 19.8. The van der Waals surface area contributed by atoms with Crippen molar-refractivity contribution in [2.45, 2.75) is 32.7 Å². The van der Waals surface area contributed by atoms with Crippen molar-refractivity contribution < 1.29 is 13.9 Å². The van der Waals surface area contributed by atoms with E-state index in [2.05, 4.69) is 20.5 Å². The number of thiocarbonyl (C=S) groups is 1. The Bertz CT molecular complexity index is 903. The highest BCUT2D eigenvalue weighted by Gasteiger charge is 2.20. The fraction of sp³-hybridized carbons (Fsp3) is 0.542. The molecule has 0 aromatic heterocycles. The molecular weight excluding hydrogens is 455 g/mol. The van der Waals surface area contributed by atoms with E-state index in [4.69, 9.17) is 22.7 Å². The lowest BCUT2D eigenvalue weighted by Crippen LogP contribution is -2.44. The Morgan fingerprint density at radius 1 is 1.26 bits per heavy atom. The Morgan fingerprint density at radius 3 is 2.68 bits per heavy atom. The first-order chi connectivity index (χ1) is 16.4. The Morgan fingerprint density at radius 2 is 2.00 bits per heavy atom. The number of halogens is 1. The van der Waals surface area contributed by atoms with Crippen LogP contribution in [0.1, 0.15) is 37.3 Å². The fourth-order valence-electron chi connectivity index (χ4n) is 4.00. The number of amides is 2. The highest BCUT2D eigenvalue weighted by atomic mass is 32.1. The summed E-state index contributed by atoms with van der Waals surface area (Å²) < 4.78 is 20.0. The van der Waals surface area contributed by atoms with Crippen LogP contribution in [-0.4, -0.2) is 79.3 Å². The molecule has 2 aliphatic rings. The van der Waals surface area contributed by atoms with Gasteiger partial charge in [-0.1, -0.05) is 23.8 Å². The van der Waals surface area contributed by atoms with Crippen LogP contribution in [0.15, 0.2) is 28.8 Å². The monoisotopic (exact) mass is 490 g/mol. The summed E-state index contributed by atoms with van der Waals surface area (Å²) in [5.41, 5.74) is 8.11. The van der Waals surface area contributed by atoms with Gasteiger partial charge in [0.2, 0.25) is 5.11 Å². The molecular formula is C24H35FN6O2S. The summed E-state index contributed by atoms with van der Waals surface area (Å²) in [6.45, 7) is 8.95. The van der Waals surface area contributed by atoms with Gasteiger partial charge in [-0.3, -0.25) is 10.2 Å². The standard InChI is InChI=1S/C24H35FN6O2S/c1-18(26)28-23(34)29-24(32)31-9-5-19(6-10-31)15-21-4-3-20(16-22(21)25)17-27-7-2-8-30-11-13-33-14-12-30/h3-4,15-16,27H,2,5-14,17H2,1H3,(H3,26,28,29,32,34).